The van der Waals surface area contributed by atoms with Crippen LogP contribution in [0.25, 0.3) is 32.8 Å². The van der Waals surface area contributed by atoms with Gasteiger partial charge in [0, 0.05) is 73.9 Å². The number of hydrogen-bond donors (Lipinski definition) is 0. The third kappa shape index (κ3) is 9.87. The number of rotatable bonds is 11. The van der Waals surface area contributed by atoms with E-state index in [4.69, 9.17) is 30.9 Å². The van der Waals surface area contributed by atoms with Crippen LogP contribution in [0.2, 0.25) is 0 Å². The van der Waals surface area contributed by atoms with Crippen LogP contribution >= 0.6 is 11.6 Å². The average molecular weight is 786 g/mol. The molecule has 6 rings (SSSR count). The molecule has 0 unspecified atom stereocenters. The molecule has 3 heterocycles. The Morgan fingerprint density at radius 2 is 1.46 bits per heavy atom. The van der Waals surface area contributed by atoms with Crippen LogP contribution in [-0.2, 0) is 35.4 Å². The molecule has 0 atom stereocenters. The molecule has 1 amide bonds. The molecule has 0 spiro atoms. The number of aryl methyl sites for hydroxylation is 2. The van der Waals surface area contributed by atoms with Gasteiger partial charge in [-0.2, -0.15) is 5.10 Å². The van der Waals surface area contributed by atoms with E-state index in [0.717, 1.165) is 55.5 Å². The highest BCUT2D eigenvalue weighted by Gasteiger charge is 2.31. The standard InChI is InChI=1S/C43H54ClN5O5.C2H6/c1-29-37(35(28-44)45-46(29)8)34-18-12-17-32-33(19-13-27-52-36-20-11-15-30-14-9-10-16-31(30)36)39(40(50)53-42(2,3)4)49(38(32)34)26-23-47-21-24-48(25-22-47)41(51)54-43(5,6)7;1-2/h9-12,14-18,20H,13,19,21-28H2,1-8H3;1-2H3. The summed E-state index contributed by atoms with van der Waals surface area (Å²) in [5, 5.41) is 7.95. The van der Waals surface area contributed by atoms with Gasteiger partial charge in [-0.05, 0) is 78.3 Å². The fourth-order valence-corrected chi connectivity index (χ4v) is 7.50. The number of piperazine rings is 1. The second-order valence-electron chi connectivity index (χ2n) is 16.1. The molecule has 1 saturated heterocycles. The smallest absolute Gasteiger partial charge is 0.410 e. The first-order chi connectivity index (χ1) is 26.6. The Kier molecular flexibility index (Phi) is 13.8. The van der Waals surface area contributed by atoms with Crippen LogP contribution in [0, 0.1) is 6.92 Å². The van der Waals surface area contributed by atoms with Gasteiger partial charge in [0.25, 0.3) is 0 Å². The molecule has 1 fully saturated rings. The minimum atomic E-state index is -0.695. The highest BCUT2D eigenvalue weighted by molar-refractivity contribution is 6.17. The molecule has 302 valence electrons. The van der Waals surface area contributed by atoms with Gasteiger partial charge in [0.1, 0.15) is 22.6 Å². The molecule has 0 N–H and O–H groups in total. The van der Waals surface area contributed by atoms with Crippen LogP contribution in [0.15, 0.2) is 60.7 Å². The highest BCUT2D eigenvalue weighted by atomic mass is 35.5. The van der Waals surface area contributed by atoms with Crippen molar-refractivity contribution in [2.45, 2.75) is 98.8 Å². The molecule has 3 aromatic carbocycles. The summed E-state index contributed by atoms with van der Waals surface area (Å²) in [6.45, 7) is 21.6. The molecule has 2 aromatic heterocycles. The van der Waals surface area contributed by atoms with E-state index >= 15 is 0 Å². The van der Waals surface area contributed by atoms with Gasteiger partial charge in [-0.1, -0.05) is 68.4 Å². The predicted octanol–water partition coefficient (Wildman–Crippen LogP) is 9.79. The lowest BCUT2D eigenvalue weighted by atomic mass is 9.98. The fourth-order valence-electron chi connectivity index (χ4n) is 7.31. The van der Waals surface area contributed by atoms with E-state index in [1.54, 1.807) is 4.90 Å². The molecule has 0 aliphatic carbocycles. The molecule has 5 aromatic rings. The van der Waals surface area contributed by atoms with Crippen molar-refractivity contribution in [3.05, 3.63) is 83.3 Å². The molecule has 0 saturated carbocycles. The van der Waals surface area contributed by atoms with E-state index in [0.29, 0.717) is 64.4 Å². The summed E-state index contributed by atoms with van der Waals surface area (Å²) in [4.78, 5) is 31.3. The zero-order valence-electron chi connectivity index (χ0n) is 35.0. The number of benzene rings is 3. The van der Waals surface area contributed by atoms with Crippen LogP contribution < -0.4 is 4.74 Å². The molecule has 1 aliphatic rings. The average Bonchev–Trinajstić information content (AvgIpc) is 3.64. The Morgan fingerprint density at radius 3 is 2.14 bits per heavy atom. The topological polar surface area (TPSA) is 91.1 Å². The number of carbonyl (C=O) groups excluding carboxylic acids is 2. The van der Waals surface area contributed by atoms with Crippen molar-refractivity contribution in [1.29, 1.82) is 0 Å². The quantitative estimate of drug-likeness (QED) is 0.0748. The van der Waals surface area contributed by atoms with Crippen molar-refractivity contribution < 1.29 is 23.8 Å². The number of fused-ring (bicyclic) bond motifs is 2. The van der Waals surface area contributed by atoms with Crippen molar-refractivity contribution >= 4 is 45.3 Å². The first-order valence-corrected chi connectivity index (χ1v) is 20.5. The second-order valence-corrected chi connectivity index (χ2v) is 16.4. The summed E-state index contributed by atoms with van der Waals surface area (Å²) in [5.74, 6) is 0.746. The normalized spacial score (nSPS) is 13.8. The lowest BCUT2D eigenvalue weighted by Gasteiger charge is -2.35. The maximum Gasteiger partial charge on any atom is 0.410 e. The van der Waals surface area contributed by atoms with Crippen molar-refractivity contribution in [2.24, 2.45) is 7.05 Å². The third-order valence-electron chi connectivity index (χ3n) is 9.82. The number of nitrogens with zero attached hydrogens (tertiary/aromatic N) is 5. The summed E-state index contributed by atoms with van der Waals surface area (Å²) in [5.41, 5.74) is 4.95. The number of alkyl halides is 1. The Hall–Kier alpha value is -4.54. The highest BCUT2D eigenvalue weighted by Crippen LogP contribution is 2.39. The molecule has 10 nitrogen and oxygen atoms in total. The van der Waals surface area contributed by atoms with Gasteiger partial charge in [0.05, 0.1) is 23.7 Å². The van der Waals surface area contributed by atoms with Crippen molar-refractivity contribution in [2.75, 3.05) is 39.3 Å². The van der Waals surface area contributed by atoms with Crippen molar-refractivity contribution in [3.8, 4) is 16.9 Å². The second kappa shape index (κ2) is 18.2. The molecule has 0 bridgehead atoms. The first-order valence-electron chi connectivity index (χ1n) is 19.9. The van der Waals surface area contributed by atoms with Crippen LogP contribution in [0.1, 0.15) is 89.3 Å². The number of aromatic nitrogens is 3. The minimum Gasteiger partial charge on any atom is -0.493 e. The van der Waals surface area contributed by atoms with Gasteiger partial charge in [0.15, 0.2) is 0 Å². The van der Waals surface area contributed by atoms with E-state index in [1.807, 2.05) is 91.4 Å². The summed E-state index contributed by atoms with van der Waals surface area (Å²) in [6, 6.07) is 20.6. The lowest BCUT2D eigenvalue weighted by molar-refractivity contribution is 0.00509. The minimum absolute atomic E-state index is 0.257. The first kappa shape index (κ1) is 42.6. The van der Waals surface area contributed by atoms with Gasteiger partial charge in [-0.3, -0.25) is 9.58 Å². The maximum absolute atomic E-state index is 14.4. The van der Waals surface area contributed by atoms with Gasteiger partial charge >= 0.3 is 12.1 Å². The summed E-state index contributed by atoms with van der Waals surface area (Å²) >= 11 is 6.51. The van der Waals surface area contributed by atoms with Gasteiger partial charge in [0.2, 0.25) is 0 Å². The number of carbonyl (C=O) groups is 2. The summed E-state index contributed by atoms with van der Waals surface area (Å²) in [6.07, 6.45) is 1.01. The monoisotopic (exact) mass is 785 g/mol. The van der Waals surface area contributed by atoms with E-state index < -0.39 is 11.2 Å². The largest absolute Gasteiger partial charge is 0.493 e. The Bertz CT molecular complexity index is 2130. The molecule has 1 aliphatic heterocycles. The van der Waals surface area contributed by atoms with Crippen LogP contribution in [-0.4, -0.2) is 86.7 Å². The van der Waals surface area contributed by atoms with Crippen molar-refractivity contribution in [3.63, 3.8) is 0 Å². The van der Waals surface area contributed by atoms with Gasteiger partial charge < -0.3 is 23.7 Å². The van der Waals surface area contributed by atoms with Gasteiger partial charge in [-0.15, -0.1) is 11.6 Å². The Morgan fingerprint density at radius 1 is 0.821 bits per heavy atom. The third-order valence-corrected chi connectivity index (χ3v) is 10.1. The van der Waals surface area contributed by atoms with Crippen LogP contribution in [0.3, 0.4) is 0 Å². The Balaban J connectivity index is 0.00000295. The number of amides is 1. The molecule has 56 heavy (non-hydrogen) atoms. The lowest BCUT2D eigenvalue weighted by Crippen LogP contribution is -2.50. The van der Waals surface area contributed by atoms with Gasteiger partial charge in [-0.25, -0.2) is 9.59 Å². The fraction of sp³-hybridized carbons (Fsp3) is 0.489. The SMILES string of the molecule is CC.Cc1c(-c2cccc3c(CCCOc4cccc5ccccc45)c(C(=O)OC(C)(C)C)n(CCN4CCN(C(=O)OC(C)(C)C)CC4)c23)c(CCl)nn1C. The summed E-state index contributed by atoms with van der Waals surface area (Å²) in [7, 11) is 1.93. The molecule has 11 heteroatoms. The number of para-hydroxylation sites is 1. The molecule has 0 radical (unpaired) electrons. The number of ether oxygens (including phenoxy) is 3. The molecular formula is C45H60ClN5O5. The zero-order chi connectivity index (χ0) is 40.8. The number of esters is 1. The van der Waals surface area contributed by atoms with E-state index in [2.05, 4.69) is 52.8 Å². The van der Waals surface area contributed by atoms with E-state index in [-0.39, 0.29) is 17.9 Å². The predicted molar refractivity (Wildman–Crippen MR) is 227 cm³/mol. The maximum atomic E-state index is 14.4. The molecular weight excluding hydrogens is 726 g/mol. The van der Waals surface area contributed by atoms with Crippen molar-refractivity contribution in [1.82, 2.24) is 24.1 Å². The summed E-state index contributed by atoms with van der Waals surface area (Å²) < 4.78 is 22.2. The van der Waals surface area contributed by atoms with E-state index in [9.17, 15) is 9.59 Å². The Labute approximate surface area is 337 Å². The zero-order valence-corrected chi connectivity index (χ0v) is 35.8. The number of halogens is 1. The number of hydrogen-bond acceptors (Lipinski definition) is 7. The van der Waals surface area contributed by atoms with E-state index in [1.165, 1.54) is 0 Å². The van der Waals surface area contributed by atoms with Crippen LogP contribution in [0.5, 0.6) is 5.75 Å². The van der Waals surface area contributed by atoms with Crippen LogP contribution in [0.4, 0.5) is 4.79 Å².